The molecule has 0 N–H and O–H groups in total. The summed E-state index contributed by atoms with van der Waals surface area (Å²) in [5.74, 6) is -2.23. The standard InChI is InChI=1S/C10H8ClF3O3/c1-16-5-17-8-3-2-6(11)4-7(8)9(15)10(12,13)14/h2-4H,5H2,1H3. The molecule has 94 valence electrons. The Hall–Kier alpha value is -1.27. The number of halogens is 4. The first kappa shape index (κ1) is 13.8. The maximum absolute atomic E-state index is 12.3. The first-order chi connectivity index (χ1) is 7.86. The van der Waals surface area contributed by atoms with E-state index in [-0.39, 0.29) is 17.6 Å². The van der Waals surface area contributed by atoms with Crippen LogP contribution in [0.4, 0.5) is 13.2 Å². The van der Waals surface area contributed by atoms with Crippen molar-refractivity contribution >= 4 is 17.4 Å². The number of rotatable bonds is 4. The van der Waals surface area contributed by atoms with Crippen LogP contribution in [0.2, 0.25) is 5.02 Å². The predicted molar refractivity (Wildman–Crippen MR) is 54.3 cm³/mol. The Morgan fingerprint density at radius 1 is 1.41 bits per heavy atom. The van der Waals surface area contributed by atoms with Crippen LogP contribution >= 0.6 is 11.6 Å². The number of alkyl halides is 3. The molecule has 1 aromatic rings. The van der Waals surface area contributed by atoms with Gasteiger partial charge in [0, 0.05) is 12.1 Å². The second kappa shape index (κ2) is 5.37. The zero-order chi connectivity index (χ0) is 13.1. The molecule has 0 aliphatic heterocycles. The maximum atomic E-state index is 12.3. The number of ether oxygens (including phenoxy) is 2. The van der Waals surface area contributed by atoms with E-state index in [1.165, 1.54) is 19.2 Å². The smallest absolute Gasteiger partial charge is 0.455 e. The van der Waals surface area contributed by atoms with Crippen LogP contribution in [0.1, 0.15) is 10.4 Å². The Morgan fingerprint density at radius 3 is 2.59 bits per heavy atom. The molecule has 0 spiro atoms. The molecule has 0 fully saturated rings. The van der Waals surface area contributed by atoms with E-state index < -0.39 is 17.5 Å². The number of ketones is 1. The van der Waals surface area contributed by atoms with Crippen molar-refractivity contribution < 1.29 is 27.4 Å². The van der Waals surface area contributed by atoms with Crippen molar-refractivity contribution in [3.05, 3.63) is 28.8 Å². The molecule has 17 heavy (non-hydrogen) atoms. The van der Waals surface area contributed by atoms with E-state index in [0.29, 0.717) is 0 Å². The first-order valence-corrected chi connectivity index (χ1v) is 4.77. The van der Waals surface area contributed by atoms with Gasteiger partial charge in [0.2, 0.25) is 0 Å². The van der Waals surface area contributed by atoms with Crippen LogP contribution in [0.25, 0.3) is 0 Å². The summed E-state index contributed by atoms with van der Waals surface area (Å²) >= 11 is 5.54. The van der Waals surface area contributed by atoms with Gasteiger partial charge in [-0.25, -0.2) is 0 Å². The van der Waals surface area contributed by atoms with Crippen LogP contribution < -0.4 is 4.74 Å². The fourth-order valence-electron chi connectivity index (χ4n) is 1.08. The fraction of sp³-hybridized carbons (Fsp3) is 0.300. The third kappa shape index (κ3) is 3.61. The predicted octanol–water partition coefficient (Wildman–Crippen LogP) is 3.07. The van der Waals surface area contributed by atoms with E-state index >= 15 is 0 Å². The molecule has 0 atom stereocenters. The van der Waals surface area contributed by atoms with Crippen molar-refractivity contribution in [3.8, 4) is 5.75 Å². The summed E-state index contributed by atoms with van der Waals surface area (Å²) in [6.07, 6.45) is -4.98. The minimum Gasteiger partial charge on any atom is -0.467 e. The minimum absolute atomic E-state index is 0.0161. The Labute approximate surface area is 100 Å². The van der Waals surface area contributed by atoms with Gasteiger partial charge < -0.3 is 9.47 Å². The summed E-state index contributed by atoms with van der Waals surface area (Å²) in [4.78, 5) is 11.1. The van der Waals surface area contributed by atoms with E-state index in [1.54, 1.807) is 0 Å². The van der Waals surface area contributed by atoms with Crippen LogP contribution in [0.5, 0.6) is 5.75 Å². The van der Waals surface area contributed by atoms with Gasteiger partial charge in [0.1, 0.15) is 5.75 Å². The molecule has 0 radical (unpaired) electrons. The molecule has 1 rings (SSSR count). The highest BCUT2D eigenvalue weighted by Gasteiger charge is 2.41. The van der Waals surface area contributed by atoms with Gasteiger partial charge >= 0.3 is 6.18 Å². The van der Waals surface area contributed by atoms with E-state index in [1.807, 2.05) is 0 Å². The molecule has 0 aliphatic carbocycles. The van der Waals surface area contributed by atoms with Crippen molar-refractivity contribution in [2.24, 2.45) is 0 Å². The zero-order valence-electron chi connectivity index (χ0n) is 8.68. The monoisotopic (exact) mass is 268 g/mol. The molecule has 0 heterocycles. The van der Waals surface area contributed by atoms with Gasteiger partial charge in [-0.3, -0.25) is 4.79 Å². The van der Waals surface area contributed by atoms with Crippen molar-refractivity contribution in [2.45, 2.75) is 6.18 Å². The summed E-state index contributed by atoms with van der Waals surface area (Å²) in [5.41, 5.74) is -0.637. The summed E-state index contributed by atoms with van der Waals surface area (Å²) in [5, 5.41) is 0.0161. The quantitative estimate of drug-likeness (QED) is 0.622. The zero-order valence-corrected chi connectivity index (χ0v) is 9.43. The van der Waals surface area contributed by atoms with Crippen LogP contribution in [0, 0.1) is 0 Å². The number of methoxy groups -OCH3 is 1. The van der Waals surface area contributed by atoms with E-state index in [9.17, 15) is 18.0 Å². The molecule has 1 aromatic carbocycles. The number of carbonyl (C=O) groups excluding carboxylic acids is 1. The maximum Gasteiger partial charge on any atom is 0.455 e. The lowest BCUT2D eigenvalue weighted by atomic mass is 10.1. The van der Waals surface area contributed by atoms with Gasteiger partial charge in [-0.05, 0) is 18.2 Å². The summed E-state index contributed by atoms with van der Waals surface area (Å²) in [6.45, 7) is -0.264. The van der Waals surface area contributed by atoms with Gasteiger partial charge in [-0.1, -0.05) is 11.6 Å². The average molecular weight is 269 g/mol. The third-order valence-electron chi connectivity index (χ3n) is 1.78. The van der Waals surface area contributed by atoms with E-state index in [4.69, 9.17) is 16.3 Å². The molecule has 0 saturated carbocycles. The Morgan fingerprint density at radius 2 is 2.06 bits per heavy atom. The largest absolute Gasteiger partial charge is 0.467 e. The van der Waals surface area contributed by atoms with Gasteiger partial charge in [-0.15, -0.1) is 0 Å². The first-order valence-electron chi connectivity index (χ1n) is 4.39. The van der Waals surface area contributed by atoms with Gasteiger partial charge in [0.25, 0.3) is 5.78 Å². The van der Waals surface area contributed by atoms with Crippen molar-refractivity contribution in [1.29, 1.82) is 0 Å². The number of carbonyl (C=O) groups is 1. The Kier molecular flexibility index (Phi) is 4.36. The highest BCUT2D eigenvalue weighted by molar-refractivity contribution is 6.31. The molecular weight excluding hydrogens is 261 g/mol. The lowest BCUT2D eigenvalue weighted by Gasteiger charge is -2.11. The fourth-order valence-corrected chi connectivity index (χ4v) is 1.25. The van der Waals surface area contributed by atoms with Crippen LogP contribution in [0.3, 0.4) is 0 Å². The molecule has 0 aliphatic rings. The van der Waals surface area contributed by atoms with Crippen molar-refractivity contribution in [1.82, 2.24) is 0 Å². The number of Topliss-reactive ketones (excluding diaryl/α,β-unsaturated/α-hetero) is 1. The van der Waals surface area contributed by atoms with Crippen LogP contribution in [0.15, 0.2) is 18.2 Å². The highest BCUT2D eigenvalue weighted by Crippen LogP contribution is 2.29. The topological polar surface area (TPSA) is 35.5 Å². The lowest BCUT2D eigenvalue weighted by Crippen LogP contribution is -2.23. The number of hydrogen-bond donors (Lipinski definition) is 0. The van der Waals surface area contributed by atoms with Crippen LogP contribution in [-0.2, 0) is 4.74 Å². The van der Waals surface area contributed by atoms with Crippen molar-refractivity contribution in [2.75, 3.05) is 13.9 Å². The third-order valence-corrected chi connectivity index (χ3v) is 2.01. The summed E-state index contributed by atoms with van der Waals surface area (Å²) in [6, 6.07) is 3.41. The molecular formula is C10H8ClF3O3. The van der Waals surface area contributed by atoms with Crippen LogP contribution in [-0.4, -0.2) is 25.9 Å². The Balaban J connectivity index is 3.11. The molecule has 0 saturated heterocycles. The average Bonchev–Trinajstić information content (AvgIpc) is 2.25. The molecule has 3 nitrogen and oxygen atoms in total. The van der Waals surface area contributed by atoms with Gasteiger partial charge in [0.15, 0.2) is 6.79 Å². The van der Waals surface area contributed by atoms with E-state index in [0.717, 1.165) is 6.07 Å². The lowest BCUT2D eigenvalue weighted by molar-refractivity contribution is -0.0888. The second-order valence-corrected chi connectivity index (χ2v) is 3.45. The molecule has 7 heteroatoms. The van der Waals surface area contributed by atoms with E-state index in [2.05, 4.69) is 4.74 Å². The normalized spacial score (nSPS) is 11.4. The second-order valence-electron chi connectivity index (χ2n) is 3.02. The molecule has 0 aromatic heterocycles. The molecule has 0 amide bonds. The highest BCUT2D eigenvalue weighted by atomic mass is 35.5. The van der Waals surface area contributed by atoms with Crippen molar-refractivity contribution in [3.63, 3.8) is 0 Å². The summed E-state index contributed by atoms with van der Waals surface area (Å²) in [7, 11) is 1.31. The SMILES string of the molecule is COCOc1ccc(Cl)cc1C(=O)C(F)(F)F. The molecule has 0 unspecified atom stereocenters. The van der Waals surface area contributed by atoms with Gasteiger partial charge in [-0.2, -0.15) is 13.2 Å². The van der Waals surface area contributed by atoms with Gasteiger partial charge in [0.05, 0.1) is 5.56 Å². The minimum atomic E-state index is -4.98. The Bertz CT molecular complexity index is 418. The number of benzene rings is 1. The number of hydrogen-bond acceptors (Lipinski definition) is 3. The molecule has 0 bridgehead atoms. The summed E-state index contributed by atoms with van der Waals surface area (Å²) < 4.78 is 46.3.